The maximum atomic E-state index is 7.10. The van der Waals surface area contributed by atoms with E-state index in [-0.39, 0.29) is 0 Å². The van der Waals surface area contributed by atoms with Gasteiger partial charge in [-0.3, -0.25) is 0 Å². The number of fused-ring (bicyclic) bond motifs is 6. The van der Waals surface area contributed by atoms with Gasteiger partial charge in [-0.05, 0) is 58.9 Å². The largest absolute Gasteiger partial charge is 0.400 e. The van der Waals surface area contributed by atoms with Gasteiger partial charge in [0.05, 0.1) is 5.41 Å². The van der Waals surface area contributed by atoms with Gasteiger partial charge in [0.2, 0.25) is 0 Å². The average Bonchev–Trinajstić information content (AvgIpc) is 2.98. The normalized spacial score (nSPS) is 22.1. The molecule has 144 valence electrons. The Morgan fingerprint density at radius 3 is 2.14 bits per heavy atom. The lowest BCUT2D eigenvalue weighted by Gasteiger charge is -2.43. The van der Waals surface area contributed by atoms with Crippen LogP contribution in [0.3, 0.4) is 0 Å². The molecule has 0 aliphatic heterocycles. The Morgan fingerprint density at radius 2 is 1.55 bits per heavy atom. The van der Waals surface area contributed by atoms with E-state index in [1.807, 2.05) is 0 Å². The van der Waals surface area contributed by atoms with Gasteiger partial charge < -0.3 is 5.73 Å². The molecule has 1 spiro atoms. The third-order valence-corrected chi connectivity index (χ3v) is 7.09. The summed E-state index contributed by atoms with van der Waals surface area (Å²) in [6, 6.07) is 24.4. The van der Waals surface area contributed by atoms with Crippen LogP contribution in [0.25, 0.3) is 5.57 Å². The first-order chi connectivity index (χ1) is 14.1. The quantitative estimate of drug-likeness (QED) is 0.459. The molecular formula is C27H24BrN. The number of benzene rings is 3. The molecule has 2 N–H and O–H groups in total. The molecule has 2 aliphatic carbocycles. The average molecular weight is 442 g/mol. The van der Waals surface area contributed by atoms with Crippen LogP contribution in [0.2, 0.25) is 0 Å². The van der Waals surface area contributed by atoms with Crippen molar-refractivity contribution in [3.05, 3.63) is 122 Å². The van der Waals surface area contributed by atoms with Crippen molar-refractivity contribution in [2.24, 2.45) is 5.73 Å². The molecule has 0 radical (unpaired) electrons. The molecule has 2 aliphatic rings. The second-order valence-corrected chi connectivity index (χ2v) is 8.82. The summed E-state index contributed by atoms with van der Waals surface area (Å²) in [5.41, 5.74) is 16.6. The fraction of sp³-hybridized carbons (Fsp3) is 0.185. The van der Waals surface area contributed by atoms with E-state index in [0.29, 0.717) is 5.92 Å². The second-order valence-electron chi connectivity index (χ2n) is 7.90. The maximum absolute atomic E-state index is 7.10. The molecule has 0 saturated heterocycles. The Balaban J connectivity index is 2.00. The molecule has 29 heavy (non-hydrogen) atoms. The van der Waals surface area contributed by atoms with Crippen LogP contribution in [0.1, 0.15) is 59.6 Å². The van der Waals surface area contributed by atoms with Crippen molar-refractivity contribution in [3.8, 4) is 0 Å². The second kappa shape index (κ2) is 6.74. The molecule has 0 bridgehead atoms. The molecule has 5 rings (SSSR count). The zero-order chi connectivity index (χ0) is 20.2. The van der Waals surface area contributed by atoms with Gasteiger partial charge in [-0.2, -0.15) is 0 Å². The zero-order valence-electron chi connectivity index (χ0n) is 16.7. The summed E-state index contributed by atoms with van der Waals surface area (Å²) in [6.07, 6.45) is 5.32. The van der Waals surface area contributed by atoms with E-state index in [4.69, 9.17) is 5.73 Å². The number of rotatable bonds is 2. The van der Waals surface area contributed by atoms with Crippen molar-refractivity contribution in [2.75, 3.05) is 0 Å². The van der Waals surface area contributed by atoms with Gasteiger partial charge in [0.25, 0.3) is 0 Å². The fourth-order valence-corrected chi connectivity index (χ4v) is 5.88. The van der Waals surface area contributed by atoms with Crippen molar-refractivity contribution >= 4 is 21.5 Å². The van der Waals surface area contributed by atoms with Crippen molar-refractivity contribution in [1.82, 2.24) is 0 Å². The minimum atomic E-state index is -0.452. The number of hydrogen-bond acceptors (Lipinski definition) is 1. The van der Waals surface area contributed by atoms with Crippen LogP contribution in [0.15, 0.2) is 89.1 Å². The molecule has 0 heterocycles. The summed E-state index contributed by atoms with van der Waals surface area (Å²) < 4.78 is 1.08. The highest BCUT2D eigenvalue weighted by molar-refractivity contribution is 9.10. The number of allylic oxidation sites excluding steroid dienone is 4. The lowest BCUT2D eigenvalue weighted by Crippen LogP contribution is -2.39. The van der Waals surface area contributed by atoms with Crippen molar-refractivity contribution in [1.29, 1.82) is 0 Å². The summed E-state index contributed by atoms with van der Waals surface area (Å²) >= 11 is 3.72. The van der Waals surface area contributed by atoms with Crippen LogP contribution in [0, 0.1) is 0 Å². The van der Waals surface area contributed by atoms with Gasteiger partial charge in [0, 0.05) is 21.7 Å². The van der Waals surface area contributed by atoms with Crippen LogP contribution in [0.4, 0.5) is 0 Å². The Morgan fingerprint density at radius 1 is 0.931 bits per heavy atom. The van der Waals surface area contributed by atoms with E-state index in [9.17, 15) is 0 Å². The molecule has 0 amide bonds. The maximum Gasteiger partial charge on any atom is 0.0864 e. The molecule has 0 fully saturated rings. The standard InChI is InChI=1S/C27H24BrN/c1-3-9-22-21-15-14-17(28)16-25(21)27(26(22)29)23-12-7-5-10-19(23)18(4-2)20-11-6-8-13-24(20)27/h3,5-16,18H,4,29H2,1-2H3/b9-3-. The molecule has 0 atom stereocenters. The Kier molecular flexibility index (Phi) is 4.29. The lowest BCUT2D eigenvalue weighted by molar-refractivity contribution is 0.633. The van der Waals surface area contributed by atoms with E-state index < -0.39 is 5.41 Å². The van der Waals surface area contributed by atoms with E-state index >= 15 is 0 Å². The zero-order valence-corrected chi connectivity index (χ0v) is 18.3. The number of halogens is 1. The van der Waals surface area contributed by atoms with E-state index in [1.165, 1.54) is 33.4 Å². The van der Waals surface area contributed by atoms with Gasteiger partial charge in [0.1, 0.15) is 0 Å². The first-order valence-corrected chi connectivity index (χ1v) is 11.1. The Hall–Kier alpha value is -2.58. The minimum Gasteiger partial charge on any atom is -0.400 e. The van der Waals surface area contributed by atoms with Crippen LogP contribution in [-0.4, -0.2) is 0 Å². The van der Waals surface area contributed by atoms with Gasteiger partial charge in [-0.15, -0.1) is 0 Å². The molecular weight excluding hydrogens is 418 g/mol. The molecule has 3 aromatic rings. The molecule has 0 saturated carbocycles. The first kappa shape index (κ1) is 18.4. The highest BCUT2D eigenvalue weighted by atomic mass is 79.9. The van der Waals surface area contributed by atoms with Crippen molar-refractivity contribution in [2.45, 2.75) is 31.6 Å². The fourth-order valence-electron chi connectivity index (χ4n) is 5.52. The highest BCUT2D eigenvalue weighted by Crippen LogP contribution is 2.59. The predicted molar refractivity (Wildman–Crippen MR) is 125 cm³/mol. The SMILES string of the molecule is C/C=C\C1=C(N)C2(c3cc(Br)ccc31)c1ccccc1C(CC)c1ccccc12. The summed E-state index contributed by atoms with van der Waals surface area (Å²) in [6.45, 7) is 4.33. The van der Waals surface area contributed by atoms with Crippen molar-refractivity contribution in [3.63, 3.8) is 0 Å². The van der Waals surface area contributed by atoms with Crippen LogP contribution >= 0.6 is 15.9 Å². The van der Waals surface area contributed by atoms with Crippen molar-refractivity contribution < 1.29 is 0 Å². The third-order valence-electron chi connectivity index (χ3n) is 6.59. The van der Waals surface area contributed by atoms with E-state index in [2.05, 4.69) is 109 Å². The Labute approximate surface area is 181 Å². The van der Waals surface area contributed by atoms with Crippen LogP contribution in [0.5, 0.6) is 0 Å². The molecule has 3 aromatic carbocycles. The molecule has 0 unspecified atom stereocenters. The van der Waals surface area contributed by atoms with Crippen LogP contribution in [-0.2, 0) is 5.41 Å². The lowest BCUT2D eigenvalue weighted by atomic mass is 9.60. The van der Waals surface area contributed by atoms with Gasteiger partial charge >= 0.3 is 0 Å². The molecule has 2 heteroatoms. The van der Waals surface area contributed by atoms with E-state index in [0.717, 1.165) is 22.2 Å². The monoisotopic (exact) mass is 441 g/mol. The van der Waals surface area contributed by atoms with Gasteiger partial charge in [-0.1, -0.05) is 89.6 Å². The number of nitrogens with two attached hydrogens (primary N) is 1. The summed E-state index contributed by atoms with van der Waals surface area (Å²) in [4.78, 5) is 0. The smallest absolute Gasteiger partial charge is 0.0864 e. The van der Waals surface area contributed by atoms with E-state index in [1.54, 1.807) is 0 Å². The summed E-state index contributed by atoms with van der Waals surface area (Å²) in [5, 5.41) is 0. The summed E-state index contributed by atoms with van der Waals surface area (Å²) in [5.74, 6) is 0.391. The van der Waals surface area contributed by atoms with Gasteiger partial charge in [0.15, 0.2) is 0 Å². The van der Waals surface area contributed by atoms with Gasteiger partial charge in [-0.25, -0.2) is 0 Å². The molecule has 1 nitrogen and oxygen atoms in total. The third kappa shape index (κ3) is 2.33. The number of hydrogen-bond donors (Lipinski definition) is 1. The topological polar surface area (TPSA) is 26.0 Å². The van der Waals surface area contributed by atoms with Crippen LogP contribution < -0.4 is 5.73 Å². The first-order valence-electron chi connectivity index (χ1n) is 10.3. The summed E-state index contributed by atoms with van der Waals surface area (Å²) in [7, 11) is 0. The predicted octanol–water partition coefficient (Wildman–Crippen LogP) is 6.90. The Bertz CT molecular complexity index is 1140. The molecule has 0 aromatic heterocycles. The highest BCUT2D eigenvalue weighted by Gasteiger charge is 2.51. The minimum absolute atomic E-state index is 0.391.